The third kappa shape index (κ3) is 5.30. The molecule has 31 heavy (non-hydrogen) atoms. The summed E-state index contributed by atoms with van der Waals surface area (Å²) < 4.78 is 6.16. The summed E-state index contributed by atoms with van der Waals surface area (Å²) in [5.74, 6) is -0.565. The molecule has 4 heteroatoms. The number of aryl methyl sites for hydroxylation is 1. The van der Waals surface area contributed by atoms with Crippen LogP contribution < -0.4 is 5.73 Å². The molecule has 2 atom stereocenters. The smallest absolute Gasteiger partial charge is 0.338 e. The molecule has 1 aliphatic heterocycles. The summed E-state index contributed by atoms with van der Waals surface area (Å²) in [7, 11) is 0. The average Bonchev–Trinajstić information content (AvgIpc) is 2.69. The van der Waals surface area contributed by atoms with Crippen LogP contribution in [0, 0.1) is 5.41 Å². The molecule has 0 saturated heterocycles. The quantitative estimate of drug-likeness (QED) is 0.405. The molecule has 1 heterocycles. The van der Waals surface area contributed by atoms with Gasteiger partial charge in [0.25, 0.3) is 0 Å². The molecule has 0 amide bonds. The van der Waals surface area contributed by atoms with Crippen LogP contribution in [0.2, 0.25) is 0 Å². The van der Waals surface area contributed by atoms with E-state index in [-0.39, 0.29) is 17.1 Å². The highest BCUT2D eigenvalue weighted by atomic mass is 16.6. The molecule has 0 spiro atoms. The van der Waals surface area contributed by atoms with Gasteiger partial charge < -0.3 is 15.6 Å². The Hall–Kier alpha value is -2.75. The molecule has 0 radical (unpaired) electrons. The van der Waals surface area contributed by atoms with Gasteiger partial charge in [-0.05, 0) is 47.9 Å². The predicted octanol–water partition coefficient (Wildman–Crippen LogP) is 6.33. The van der Waals surface area contributed by atoms with Gasteiger partial charge in [-0.1, -0.05) is 76.6 Å². The van der Waals surface area contributed by atoms with Gasteiger partial charge in [0, 0.05) is 18.0 Å². The molecule has 3 rings (SSSR count). The molecular weight excluding hydrogens is 386 g/mol. The lowest BCUT2D eigenvalue weighted by Gasteiger charge is -2.41. The molecule has 0 unspecified atom stereocenters. The Bertz CT molecular complexity index is 942. The molecule has 0 saturated carbocycles. The number of anilines is 1. The van der Waals surface area contributed by atoms with Gasteiger partial charge >= 0.3 is 5.97 Å². The Morgan fingerprint density at radius 1 is 1.10 bits per heavy atom. The lowest BCUT2D eigenvalue weighted by atomic mass is 9.70. The summed E-state index contributed by atoms with van der Waals surface area (Å²) in [4.78, 5) is 13.4. The summed E-state index contributed by atoms with van der Waals surface area (Å²) in [5, 5.41) is 11.2. The molecule has 3 N–H and O–H groups in total. The highest BCUT2D eigenvalue weighted by molar-refractivity contribution is 5.92. The number of nitrogen functional groups attached to an aromatic ring is 1. The number of carbonyl (C=O) groups excluding carboxylic acids is 1. The number of esters is 1. The number of aliphatic hydroxyl groups excluding tert-OH is 1. The minimum atomic E-state index is -0.673. The molecule has 1 aliphatic rings. The van der Waals surface area contributed by atoms with Gasteiger partial charge in [0.2, 0.25) is 0 Å². The van der Waals surface area contributed by atoms with Gasteiger partial charge in [-0.25, -0.2) is 4.79 Å². The van der Waals surface area contributed by atoms with Gasteiger partial charge in [0.1, 0.15) is 11.4 Å². The number of rotatable bonds is 7. The van der Waals surface area contributed by atoms with Crippen molar-refractivity contribution >= 4 is 11.7 Å². The maximum Gasteiger partial charge on any atom is 0.338 e. The SMILES string of the molecule is CCC[C@]1(CCc2ccccc2)CC(O)=C([C@@H](c2cccc(N)c2)C(C)(C)C)C(=O)O1. The first-order valence-electron chi connectivity index (χ1n) is 11.2. The van der Waals surface area contributed by atoms with Crippen LogP contribution in [0.15, 0.2) is 65.9 Å². The molecule has 0 fully saturated rings. The third-order valence-corrected chi connectivity index (χ3v) is 6.15. The fraction of sp³-hybridized carbons (Fsp3) is 0.444. The Kier molecular flexibility index (Phi) is 6.78. The van der Waals surface area contributed by atoms with Crippen molar-refractivity contribution in [3.8, 4) is 0 Å². The Labute approximate surface area is 186 Å². The van der Waals surface area contributed by atoms with E-state index in [2.05, 4.69) is 39.8 Å². The van der Waals surface area contributed by atoms with Crippen LogP contribution in [0.5, 0.6) is 0 Å². The second-order valence-electron chi connectivity index (χ2n) is 9.81. The van der Waals surface area contributed by atoms with Gasteiger partial charge in [0.15, 0.2) is 0 Å². The molecule has 0 bridgehead atoms. The van der Waals surface area contributed by atoms with Gasteiger partial charge in [-0.2, -0.15) is 0 Å². The van der Waals surface area contributed by atoms with E-state index < -0.39 is 11.6 Å². The van der Waals surface area contributed by atoms with Crippen molar-refractivity contribution in [2.24, 2.45) is 5.41 Å². The van der Waals surface area contributed by atoms with Crippen LogP contribution >= 0.6 is 0 Å². The maximum atomic E-state index is 13.4. The standard InChI is InChI=1S/C27H35NO3/c1-5-15-27(16-14-19-10-7-6-8-11-19)18-22(29)23(25(30)31-27)24(26(2,3)4)20-12-9-13-21(28)17-20/h6-13,17,24,29H,5,14-16,18,28H2,1-4H3/t24-,27+/m1/s1. The first-order chi connectivity index (χ1) is 14.6. The van der Waals surface area contributed by atoms with E-state index in [1.54, 1.807) is 0 Å². The predicted molar refractivity (Wildman–Crippen MR) is 126 cm³/mol. The van der Waals surface area contributed by atoms with Crippen LogP contribution in [0.25, 0.3) is 0 Å². The molecule has 4 nitrogen and oxygen atoms in total. The Morgan fingerprint density at radius 2 is 1.81 bits per heavy atom. The average molecular weight is 422 g/mol. The number of hydrogen-bond acceptors (Lipinski definition) is 4. The number of aliphatic hydroxyl groups is 1. The summed E-state index contributed by atoms with van der Waals surface area (Å²) in [6.45, 7) is 8.28. The van der Waals surface area contributed by atoms with Crippen LogP contribution in [-0.2, 0) is 16.0 Å². The summed E-state index contributed by atoms with van der Waals surface area (Å²) in [6.07, 6.45) is 3.44. The van der Waals surface area contributed by atoms with Crippen molar-refractivity contribution in [1.82, 2.24) is 0 Å². The zero-order valence-electron chi connectivity index (χ0n) is 19.2. The van der Waals surface area contributed by atoms with Gasteiger partial charge in [0.05, 0.1) is 5.57 Å². The van der Waals surface area contributed by atoms with E-state index in [0.29, 0.717) is 24.1 Å². The van der Waals surface area contributed by atoms with E-state index >= 15 is 0 Å². The zero-order chi connectivity index (χ0) is 22.6. The van der Waals surface area contributed by atoms with E-state index in [1.165, 1.54) is 5.56 Å². The lowest BCUT2D eigenvalue weighted by molar-refractivity contribution is -0.161. The largest absolute Gasteiger partial charge is 0.512 e. The topological polar surface area (TPSA) is 72.5 Å². The van der Waals surface area contributed by atoms with Crippen LogP contribution in [0.3, 0.4) is 0 Å². The highest BCUT2D eigenvalue weighted by Crippen LogP contribution is 2.47. The second-order valence-corrected chi connectivity index (χ2v) is 9.81. The number of benzene rings is 2. The zero-order valence-corrected chi connectivity index (χ0v) is 19.2. The Morgan fingerprint density at radius 3 is 2.39 bits per heavy atom. The maximum absolute atomic E-state index is 13.4. The van der Waals surface area contributed by atoms with Crippen molar-refractivity contribution in [1.29, 1.82) is 0 Å². The van der Waals surface area contributed by atoms with Crippen LogP contribution in [-0.4, -0.2) is 16.7 Å². The fourth-order valence-corrected chi connectivity index (χ4v) is 4.80. The van der Waals surface area contributed by atoms with Crippen molar-refractivity contribution in [3.05, 3.63) is 77.1 Å². The monoisotopic (exact) mass is 421 g/mol. The summed E-state index contributed by atoms with van der Waals surface area (Å²) in [5.41, 5.74) is 8.17. The van der Waals surface area contributed by atoms with Crippen LogP contribution in [0.4, 0.5) is 5.69 Å². The van der Waals surface area contributed by atoms with Gasteiger partial charge in [-0.3, -0.25) is 0 Å². The number of carbonyl (C=O) groups is 1. The molecule has 2 aromatic rings. The third-order valence-electron chi connectivity index (χ3n) is 6.15. The minimum Gasteiger partial charge on any atom is -0.512 e. The lowest BCUT2D eigenvalue weighted by Crippen LogP contribution is -2.43. The van der Waals surface area contributed by atoms with Crippen molar-refractivity contribution in [2.75, 3.05) is 5.73 Å². The Balaban J connectivity index is 1.96. The number of nitrogens with two attached hydrogens (primary N) is 1. The molecule has 2 aromatic carbocycles. The van der Waals surface area contributed by atoms with Crippen molar-refractivity contribution in [2.45, 2.75) is 71.3 Å². The molecule has 166 valence electrons. The van der Waals surface area contributed by atoms with E-state index in [9.17, 15) is 9.90 Å². The first kappa shape index (κ1) is 22.9. The van der Waals surface area contributed by atoms with Crippen molar-refractivity contribution in [3.63, 3.8) is 0 Å². The first-order valence-corrected chi connectivity index (χ1v) is 11.2. The number of cyclic esters (lactones) is 1. The molecule has 0 aliphatic carbocycles. The molecule has 0 aromatic heterocycles. The highest BCUT2D eigenvalue weighted by Gasteiger charge is 2.45. The number of hydrogen-bond donors (Lipinski definition) is 2. The number of ether oxygens (including phenoxy) is 1. The normalized spacial score (nSPS) is 20.5. The van der Waals surface area contributed by atoms with Crippen molar-refractivity contribution < 1.29 is 14.6 Å². The molecular formula is C27H35NO3. The second kappa shape index (κ2) is 9.17. The summed E-state index contributed by atoms with van der Waals surface area (Å²) >= 11 is 0. The van der Waals surface area contributed by atoms with E-state index in [4.69, 9.17) is 10.5 Å². The van der Waals surface area contributed by atoms with Gasteiger partial charge in [-0.15, -0.1) is 0 Å². The van der Waals surface area contributed by atoms with E-state index in [0.717, 1.165) is 24.8 Å². The van der Waals surface area contributed by atoms with Crippen LogP contribution in [0.1, 0.15) is 70.4 Å². The summed E-state index contributed by atoms with van der Waals surface area (Å²) in [6, 6.07) is 17.8. The van der Waals surface area contributed by atoms with E-state index in [1.807, 2.05) is 42.5 Å². The minimum absolute atomic E-state index is 0.153. The fourth-order valence-electron chi connectivity index (χ4n) is 4.80.